The monoisotopic (exact) mass is 337 g/mol. The Balaban J connectivity index is 2.40. The summed E-state index contributed by atoms with van der Waals surface area (Å²) in [5.41, 5.74) is 10.3. The molecule has 0 bridgehead atoms. The average Bonchev–Trinajstić information content (AvgIpc) is 2.64. The van der Waals surface area contributed by atoms with E-state index in [0.717, 1.165) is 32.7 Å². The summed E-state index contributed by atoms with van der Waals surface area (Å²) in [4.78, 5) is 0. The highest BCUT2D eigenvalue weighted by Crippen LogP contribution is 2.26. The third-order valence-electron chi connectivity index (χ3n) is 3.46. The number of hydrogen-bond acceptors (Lipinski definition) is 3. The summed E-state index contributed by atoms with van der Waals surface area (Å²) in [6.07, 6.45) is 0. The minimum Gasteiger partial charge on any atom is -0.496 e. The first-order valence-corrected chi connectivity index (χ1v) is 7.35. The molecule has 1 aromatic carbocycles. The zero-order valence-corrected chi connectivity index (χ0v) is 13.9. The number of methoxy groups -OCH3 is 1. The predicted octanol–water partition coefficient (Wildman–Crippen LogP) is 3.34. The molecule has 1 atom stereocenters. The van der Waals surface area contributed by atoms with E-state index in [9.17, 15) is 0 Å². The number of halogens is 1. The van der Waals surface area contributed by atoms with Crippen LogP contribution in [0, 0.1) is 13.8 Å². The van der Waals surface area contributed by atoms with E-state index < -0.39 is 0 Å². The minimum atomic E-state index is -0.00634. The van der Waals surface area contributed by atoms with Gasteiger partial charge < -0.3 is 10.5 Å². The van der Waals surface area contributed by atoms with E-state index in [1.807, 2.05) is 30.7 Å². The molecule has 5 heteroatoms. The zero-order valence-electron chi connectivity index (χ0n) is 12.3. The van der Waals surface area contributed by atoms with E-state index in [1.165, 1.54) is 0 Å². The van der Waals surface area contributed by atoms with Crippen LogP contribution in [-0.2, 0) is 6.54 Å². The summed E-state index contributed by atoms with van der Waals surface area (Å²) in [6, 6.07) is 5.98. The van der Waals surface area contributed by atoms with E-state index in [1.54, 1.807) is 7.11 Å². The second kappa shape index (κ2) is 5.97. The molecule has 0 amide bonds. The molecular formula is C15H20BrN3O. The maximum absolute atomic E-state index is 6.02. The summed E-state index contributed by atoms with van der Waals surface area (Å²) < 4.78 is 8.42. The van der Waals surface area contributed by atoms with Crippen molar-refractivity contribution in [3.8, 4) is 5.75 Å². The zero-order chi connectivity index (χ0) is 14.9. The topological polar surface area (TPSA) is 53.1 Å². The van der Waals surface area contributed by atoms with Crippen molar-refractivity contribution in [1.29, 1.82) is 0 Å². The molecule has 0 aliphatic rings. The summed E-state index contributed by atoms with van der Waals surface area (Å²) in [5, 5.41) is 4.60. The fourth-order valence-corrected chi connectivity index (χ4v) is 2.96. The highest BCUT2D eigenvalue weighted by atomic mass is 79.9. The lowest BCUT2D eigenvalue weighted by Gasteiger charge is -2.11. The Kier molecular flexibility index (Phi) is 4.50. The summed E-state index contributed by atoms with van der Waals surface area (Å²) >= 11 is 3.50. The van der Waals surface area contributed by atoms with Crippen molar-refractivity contribution in [2.45, 2.75) is 33.4 Å². The Hall–Kier alpha value is -1.33. The summed E-state index contributed by atoms with van der Waals surface area (Å²) in [5.74, 6) is 0.864. The summed E-state index contributed by atoms with van der Waals surface area (Å²) in [7, 11) is 1.68. The number of nitrogens with two attached hydrogens (primary N) is 1. The molecule has 0 fully saturated rings. The van der Waals surface area contributed by atoms with Crippen LogP contribution in [0.5, 0.6) is 5.75 Å². The van der Waals surface area contributed by atoms with E-state index in [0.29, 0.717) is 6.54 Å². The van der Waals surface area contributed by atoms with Crippen LogP contribution in [0.2, 0.25) is 0 Å². The smallest absolute Gasteiger partial charge is 0.124 e. The molecule has 1 aromatic heterocycles. The van der Waals surface area contributed by atoms with Crippen molar-refractivity contribution in [2.75, 3.05) is 7.11 Å². The van der Waals surface area contributed by atoms with Gasteiger partial charge in [-0.3, -0.25) is 4.68 Å². The van der Waals surface area contributed by atoms with Crippen LogP contribution < -0.4 is 10.5 Å². The van der Waals surface area contributed by atoms with Crippen molar-refractivity contribution in [1.82, 2.24) is 9.78 Å². The lowest BCUT2D eigenvalue weighted by molar-refractivity contribution is 0.407. The van der Waals surface area contributed by atoms with Gasteiger partial charge in [0.05, 0.1) is 19.3 Å². The molecular weight excluding hydrogens is 318 g/mol. The van der Waals surface area contributed by atoms with Crippen LogP contribution in [0.25, 0.3) is 0 Å². The van der Waals surface area contributed by atoms with Gasteiger partial charge in [0.25, 0.3) is 0 Å². The van der Waals surface area contributed by atoms with Crippen LogP contribution in [-0.4, -0.2) is 16.9 Å². The number of hydrogen-bond donors (Lipinski definition) is 1. The number of ether oxygens (including phenoxy) is 1. The molecule has 2 N–H and O–H groups in total. The Morgan fingerprint density at radius 1 is 1.40 bits per heavy atom. The van der Waals surface area contributed by atoms with Crippen molar-refractivity contribution < 1.29 is 4.74 Å². The lowest BCUT2D eigenvalue weighted by Crippen LogP contribution is -2.09. The molecule has 1 heterocycles. The van der Waals surface area contributed by atoms with Gasteiger partial charge >= 0.3 is 0 Å². The van der Waals surface area contributed by atoms with Crippen LogP contribution in [0.15, 0.2) is 22.7 Å². The number of nitrogens with zero attached hydrogens (tertiary/aromatic N) is 2. The van der Waals surface area contributed by atoms with E-state index in [4.69, 9.17) is 10.5 Å². The third kappa shape index (κ3) is 2.88. The van der Waals surface area contributed by atoms with Gasteiger partial charge in [0.2, 0.25) is 0 Å². The molecule has 0 spiro atoms. The minimum absolute atomic E-state index is 0.00634. The normalized spacial score (nSPS) is 12.5. The lowest BCUT2D eigenvalue weighted by atomic mass is 10.1. The van der Waals surface area contributed by atoms with E-state index in [2.05, 4.69) is 34.0 Å². The van der Waals surface area contributed by atoms with Crippen LogP contribution in [0.3, 0.4) is 0 Å². The molecule has 0 saturated heterocycles. The average molecular weight is 338 g/mol. The maximum atomic E-state index is 6.02. The van der Waals surface area contributed by atoms with Gasteiger partial charge in [-0.05, 0) is 39.0 Å². The Morgan fingerprint density at radius 2 is 2.10 bits per heavy atom. The quantitative estimate of drug-likeness (QED) is 0.930. The Labute approximate surface area is 128 Å². The number of aromatic nitrogens is 2. The SMILES string of the molecule is COc1ccc(Br)cc1Cn1nc(C)c(C(C)N)c1C. The Morgan fingerprint density at radius 3 is 2.65 bits per heavy atom. The first kappa shape index (κ1) is 15.1. The fraction of sp³-hybridized carbons (Fsp3) is 0.400. The van der Waals surface area contributed by atoms with E-state index in [-0.39, 0.29) is 6.04 Å². The standard InChI is InChI=1S/C15H20BrN3O/c1-9(17)15-10(2)18-19(11(15)3)8-12-7-13(16)5-6-14(12)20-4/h5-7,9H,8,17H2,1-4H3. The molecule has 0 aliphatic carbocycles. The van der Waals surface area contributed by atoms with E-state index >= 15 is 0 Å². The molecule has 2 aromatic rings. The number of aryl methyl sites for hydroxylation is 1. The second-order valence-electron chi connectivity index (χ2n) is 4.99. The third-order valence-corrected chi connectivity index (χ3v) is 3.95. The second-order valence-corrected chi connectivity index (χ2v) is 5.90. The highest BCUT2D eigenvalue weighted by Gasteiger charge is 2.16. The first-order chi connectivity index (χ1) is 9.43. The van der Waals surface area contributed by atoms with Crippen LogP contribution in [0.1, 0.15) is 35.5 Å². The van der Waals surface area contributed by atoms with Gasteiger partial charge in [-0.1, -0.05) is 15.9 Å². The van der Waals surface area contributed by atoms with Gasteiger partial charge in [0.1, 0.15) is 5.75 Å². The van der Waals surface area contributed by atoms with Crippen molar-refractivity contribution in [3.05, 3.63) is 45.2 Å². The number of rotatable bonds is 4. The first-order valence-electron chi connectivity index (χ1n) is 6.56. The molecule has 20 heavy (non-hydrogen) atoms. The predicted molar refractivity (Wildman–Crippen MR) is 84.1 cm³/mol. The molecule has 0 saturated carbocycles. The Bertz CT molecular complexity index is 620. The molecule has 4 nitrogen and oxygen atoms in total. The maximum Gasteiger partial charge on any atom is 0.124 e. The largest absolute Gasteiger partial charge is 0.496 e. The fourth-order valence-electron chi connectivity index (χ4n) is 2.56. The van der Waals surface area contributed by atoms with Gasteiger partial charge in [0.15, 0.2) is 0 Å². The van der Waals surface area contributed by atoms with Gasteiger partial charge in [-0.15, -0.1) is 0 Å². The molecule has 0 aliphatic heterocycles. The molecule has 108 valence electrons. The van der Waals surface area contributed by atoms with Crippen LogP contribution >= 0.6 is 15.9 Å². The molecule has 0 radical (unpaired) electrons. The summed E-state index contributed by atoms with van der Waals surface area (Å²) in [6.45, 7) is 6.71. The van der Waals surface area contributed by atoms with Crippen molar-refractivity contribution in [2.24, 2.45) is 5.73 Å². The number of benzene rings is 1. The van der Waals surface area contributed by atoms with Crippen LogP contribution in [0.4, 0.5) is 0 Å². The van der Waals surface area contributed by atoms with Crippen molar-refractivity contribution >= 4 is 15.9 Å². The van der Waals surface area contributed by atoms with Gasteiger partial charge in [-0.2, -0.15) is 5.10 Å². The van der Waals surface area contributed by atoms with Crippen molar-refractivity contribution in [3.63, 3.8) is 0 Å². The van der Waals surface area contributed by atoms with Gasteiger partial charge in [0, 0.05) is 27.3 Å². The highest BCUT2D eigenvalue weighted by molar-refractivity contribution is 9.10. The molecule has 1 unspecified atom stereocenters. The molecule has 2 rings (SSSR count). The van der Waals surface area contributed by atoms with Gasteiger partial charge in [-0.25, -0.2) is 0 Å².